The van der Waals surface area contributed by atoms with E-state index in [4.69, 9.17) is 4.74 Å². The summed E-state index contributed by atoms with van der Waals surface area (Å²) in [6.45, 7) is 2.35. The van der Waals surface area contributed by atoms with Crippen LogP contribution in [0.15, 0.2) is 40.9 Å². The lowest BCUT2D eigenvalue weighted by atomic mass is 9.97. The standard InChI is InChI=1S/C16H16BrF2NO/c1-3-21-13-7-5-4-6-10(13)16(20-2)14-12(18)9-8-11(17)15(14)19/h4-9,16,20H,3H2,1-2H3. The molecule has 2 nitrogen and oxygen atoms in total. The van der Waals surface area contributed by atoms with Gasteiger partial charge < -0.3 is 10.1 Å². The first kappa shape index (κ1) is 15.9. The molecule has 1 unspecified atom stereocenters. The number of nitrogens with one attached hydrogen (secondary N) is 1. The summed E-state index contributed by atoms with van der Waals surface area (Å²) in [7, 11) is 1.66. The summed E-state index contributed by atoms with van der Waals surface area (Å²) < 4.78 is 34.2. The zero-order valence-electron chi connectivity index (χ0n) is 11.8. The van der Waals surface area contributed by atoms with E-state index >= 15 is 0 Å². The highest BCUT2D eigenvalue weighted by Crippen LogP contribution is 2.34. The van der Waals surface area contributed by atoms with Crippen LogP contribution in [0, 0.1) is 11.6 Å². The van der Waals surface area contributed by atoms with E-state index in [0.717, 1.165) is 0 Å². The van der Waals surface area contributed by atoms with E-state index < -0.39 is 17.7 Å². The van der Waals surface area contributed by atoms with E-state index in [1.54, 1.807) is 19.2 Å². The molecule has 0 heterocycles. The molecule has 112 valence electrons. The Balaban J connectivity index is 2.58. The molecule has 1 atom stereocenters. The molecule has 0 aliphatic heterocycles. The smallest absolute Gasteiger partial charge is 0.145 e. The van der Waals surface area contributed by atoms with Gasteiger partial charge in [-0.2, -0.15) is 0 Å². The van der Waals surface area contributed by atoms with Gasteiger partial charge in [-0.15, -0.1) is 0 Å². The van der Waals surface area contributed by atoms with E-state index in [9.17, 15) is 8.78 Å². The highest BCUT2D eigenvalue weighted by atomic mass is 79.9. The quantitative estimate of drug-likeness (QED) is 0.800. The first-order valence-electron chi connectivity index (χ1n) is 6.62. The predicted octanol–water partition coefficient (Wildman–Crippen LogP) is 4.43. The van der Waals surface area contributed by atoms with Crippen LogP contribution in [0.3, 0.4) is 0 Å². The Labute approximate surface area is 131 Å². The minimum Gasteiger partial charge on any atom is -0.494 e. The summed E-state index contributed by atoms with van der Waals surface area (Å²) in [5.74, 6) is -0.597. The maximum absolute atomic E-state index is 14.3. The minimum atomic E-state index is -0.634. The van der Waals surface area contributed by atoms with Gasteiger partial charge in [0, 0.05) is 11.1 Å². The van der Waals surface area contributed by atoms with Gasteiger partial charge >= 0.3 is 0 Å². The average molecular weight is 356 g/mol. The summed E-state index contributed by atoms with van der Waals surface area (Å²) in [5, 5.41) is 2.96. The van der Waals surface area contributed by atoms with Gasteiger partial charge in [0.05, 0.1) is 17.1 Å². The molecule has 2 aromatic carbocycles. The summed E-state index contributed by atoms with van der Waals surface area (Å²) in [4.78, 5) is 0. The van der Waals surface area contributed by atoms with Crippen molar-refractivity contribution in [1.29, 1.82) is 0 Å². The largest absolute Gasteiger partial charge is 0.494 e. The molecule has 0 aliphatic rings. The third kappa shape index (κ3) is 3.24. The molecule has 2 aromatic rings. The van der Waals surface area contributed by atoms with Crippen LogP contribution in [-0.2, 0) is 0 Å². The van der Waals surface area contributed by atoms with E-state index in [1.165, 1.54) is 12.1 Å². The van der Waals surface area contributed by atoms with Crippen LogP contribution < -0.4 is 10.1 Å². The maximum Gasteiger partial charge on any atom is 0.145 e. The molecular weight excluding hydrogens is 340 g/mol. The van der Waals surface area contributed by atoms with Crippen molar-refractivity contribution in [1.82, 2.24) is 5.32 Å². The van der Waals surface area contributed by atoms with Crippen molar-refractivity contribution in [2.24, 2.45) is 0 Å². The van der Waals surface area contributed by atoms with Crippen molar-refractivity contribution in [3.8, 4) is 5.75 Å². The Bertz CT molecular complexity index is 634. The first-order chi connectivity index (χ1) is 10.1. The first-order valence-corrected chi connectivity index (χ1v) is 7.41. The zero-order valence-corrected chi connectivity index (χ0v) is 13.4. The average Bonchev–Trinajstić information content (AvgIpc) is 2.49. The van der Waals surface area contributed by atoms with Gasteiger partial charge in [0.1, 0.15) is 17.4 Å². The monoisotopic (exact) mass is 355 g/mol. The molecule has 0 amide bonds. The lowest BCUT2D eigenvalue weighted by Crippen LogP contribution is -2.21. The van der Waals surface area contributed by atoms with Gasteiger partial charge in [0.15, 0.2) is 0 Å². The van der Waals surface area contributed by atoms with Gasteiger partial charge in [0.25, 0.3) is 0 Å². The Morgan fingerprint density at radius 3 is 2.57 bits per heavy atom. The van der Waals surface area contributed by atoms with Crippen molar-refractivity contribution >= 4 is 15.9 Å². The van der Waals surface area contributed by atoms with E-state index in [1.807, 2.05) is 19.1 Å². The molecule has 21 heavy (non-hydrogen) atoms. The van der Waals surface area contributed by atoms with Crippen molar-refractivity contribution in [2.75, 3.05) is 13.7 Å². The summed E-state index contributed by atoms with van der Waals surface area (Å²) >= 11 is 3.10. The number of ether oxygens (including phenoxy) is 1. The van der Waals surface area contributed by atoms with Crippen LogP contribution in [-0.4, -0.2) is 13.7 Å². The second-order valence-electron chi connectivity index (χ2n) is 4.45. The van der Waals surface area contributed by atoms with Crippen LogP contribution in [0.1, 0.15) is 24.1 Å². The van der Waals surface area contributed by atoms with Crippen molar-refractivity contribution in [3.05, 3.63) is 63.6 Å². The molecule has 0 radical (unpaired) electrons. The molecule has 0 bridgehead atoms. The number of hydrogen-bond acceptors (Lipinski definition) is 2. The second-order valence-corrected chi connectivity index (χ2v) is 5.30. The molecule has 1 N–H and O–H groups in total. The molecule has 0 aromatic heterocycles. The van der Waals surface area contributed by atoms with E-state index in [-0.39, 0.29) is 10.0 Å². The van der Waals surface area contributed by atoms with Crippen LogP contribution in [0.2, 0.25) is 0 Å². The Morgan fingerprint density at radius 2 is 1.90 bits per heavy atom. The van der Waals surface area contributed by atoms with Crippen LogP contribution in [0.5, 0.6) is 5.75 Å². The summed E-state index contributed by atoms with van der Waals surface area (Å²) in [5.41, 5.74) is 0.664. The predicted molar refractivity (Wildman–Crippen MR) is 82.6 cm³/mol. The molecule has 0 aliphatic carbocycles. The van der Waals surface area contributed by atoms with E-state index in [0.29, 0.717) is 17.9 Å². The number of rotatable bonds is 5. The van der Waals surface area contributed by atoms with Gasteiger partial charge in [-0.05, 0) is 48.1 Å². The third-order valence-corrected chi connectivity index (χ3v) is 3.80. The fourth-order valence-electron chi connectivity index (χ4n) is 2.27. The topological polar surface area (TPSA) is 21.3 Å². The lowest BCUT2D eigenvalue weighted by molar-refractivity contribution is 0.333. The van der Waals surface area contributed by atoms with Crippen molar-refractivity contribution in [3.63, 3.8) is 0 Å². The van der Waals surface area contributed by atoms with Gasteiger partial charge in [-0.1, -0.05) is 18.2 Å². The number of halogens is 3. The summed E-state index contributed by atoms with van der Waals surface area (Å²) in [6.07, 6.45) is 0. The highest BCUT2D eigenvalue weighted by Gasteiger charge is 2.24. The third-order valence-electron chi connectivity index (χ3n) is 3.19. The van der Waals surface area contributed by atoms with Gasteiger partial charge in [0.2, 0.25) is 0 Å². The highest BCUT2D eigenvalue weighted by molar-refractivity contribution is 9.10. The fraction of sp³-hybridized carbons (Fsp3) is 0.250. The molecule has 0 fully saturated rings. The molecule has 0 saturated heterocycles. The summed E-state index contributed by atoms with van der Waals surface area (Å²) in [6, 6.07) is 9.20. The Hall–Kier alpha value is -1.46. The molecular formula is C16H16BrF2NO. The maximum atomic E-state index is 14.3. The molecule has 2 rings (SSSR count). The van der Waals surface area contributed by atoms with Crippen LogP contribution in [0.25, 0.3) is 0 Å². The van der Waals surface area contributed by atoms with Gasteiger partial charge in [-0.25, -0.2) is 8.78 Å². The van der Waals surface area contributed by atoms with Gasteiger partial charge in [-0.3, -0.25) is 0 Å². The Morgan fingerprint density at radius 1 is 1.19 bits per heavy atom. The fourth-order valence-corrected chi connectivity index (χ4v) is 2.61. The second kappa shape index (κ2) is 7.00. The zero-order chi connectivity index (χ0) is 15.4. The van der Waals surface area contributed by atoms with E-state index in [2.05, 4.69) is 21.2 Å². The normalized spacial score (nSPS) is 12.2. The minimum absolute atomic E-state index is 0.0287. The number of hydrogen-bond donors (Lipinski definition) is 1. The van der Waals surface area contributed by atoms with Crippen LogP contribution >= 0.6 is 15.9 Å². The van der Waals surface area contributed by atoms with Crippen molar-refractivity contribution in [2.45, 2.75) is 13.0 Å². The molecule has 5 heteroatoms. The van der Waals surface area contributed by atoms with Crippen molar-refractivity contribution < 1.29 is 13.5 Å². The number of para-hydroxylation sites is 1. The number of benzene rings is 2. The molecule has 0 spiro atoms. The SMILES string of the molecule is CCOc1ccccc1C(NC)c1c(F)ccc(Br)c1F. The molecule has 0 saturated carbocycles. The Kier molecular flexibility index (Phi) is 5.31. The van der Waals surface area contributed by atoms with Crippen LogP contribution in [0.4, 0.5) is 8.78 Å². The lowest BCUT2D eigenvalue weighted by Gasteiger charge is -2.21.